The summed E-state index contributed by atoms with van der Waals surface area (Å²) >= 11 is 0. The minimum absolute atomic E-state index is 0.0326. The highest BCUT2D eigenvalue weighted by molar-refractivity contribution is 5.99. The summed E-state index contributed by atoms with van der Waals surface area (Å²) < 4.78 is 20.2. The Morgan fingerprint density at radius 1 is 1.18 bits per heavy atom. The molecule has 0 aliphatic carbocycles. The van der Waals surface area contributed by atoms with Gasteiger partial charge in [-0.3, -0.25) is 14.9 Å². The van der Waals surface area contributed by atoms with Gasteiger partial charge in [0, 0.05) is 11.6 Å². The molecule has 9 heteroatoms. The molecule has 0 unspecified atom stereocenters. The number of hydrogen-bond donors (Lipinski definition) is 0. The summed E-state index contributed by atoms with van der Waals surface area (Å²) in [6.07, 6.45) is 2.23. The lowest BCUT2D eigenvalue weighted by molar-refractivity contribution is -0.385. The maximum Gasteiger partial charge on any atom is 0.331 e. The molecule has 9 nitrogen and oxygen atoms in total. The van der Waals surface area contributed by atoms with Crippen LogP contribution >= 0.6 is 0 Å². The van der Waals surface area contributed by atoms with Crippen LogP contribution in [-0.4, -0.2) is 37.2 Å². The summed E-state index contributed by atoms with van der Waals surface area (Å²) in [6, 6.07) is 8.97. The molecule has 0 radical (unpaired) electrons. The first-order chi connectivity index (χ1) is 13.5. The Morgan fingerprint density at radius 3 is 2.50 bits per heavy atom. The molecule has 0 amide bonds. The number of nitrogens with zero attached hydrogens (tertiary/aromatic N) is 1. The molecule has 2 aromatic rings. The van der Waals surface area contributed by atoms with Crippen molar-refractivity contribution in [3.8, 4) is 17.2 Å². The smallest absolute Gasteiger partial charge is 0.331 e. The number of nitro groups is 1. The number of carbonyl (C=O) groups excluding carboxylic acids is 2. The van der Waals surface area contributed by atoms with E-state index in [9.17, 15) is 19.7 Å². The van der Waals surface area contributed by atoms with E-state index < -0.39 is 23.3 Å². The minimum Gasteiger partial charge on any atom is -0.497 e. The standard InChI is InChI=1S/C19H15NO8/c1-25-14-5-2-12(3-6-14)16(21)10-26-19(22)7-4-13-8-17-18(28-11-27-17)9-15(13)20(23)24/h2-9H,10-11H2,1H3/b7-4+. The number of fused-ring (bicyclic) bond motifs is 1. The number of carbonyl (C=O) groups is 2. The Balaban J connectivity index is 1.63. The fourth-order valence-corrected chi connectivity index (χ4v) is 2.44. The van der Waals surface area contributed by atoms with E-state index in [2.05, 4.69) is 0 Å². The predicted molar refractivity (Wildman–Crippen MR) is 96.5 cm³/mol. The van der Waals surface area contributed by atoms with E-state index in [-0.39, 0.29) is 23.8 Å². The van der Waals surface area contributed by atoms with Crippen molar-refractivity contribution < 1.29 is 33.5 Å². The Labute approximate surface area is 159 Å². The molecule has 0 saturated heterocycles. The van der Waals surface area contributed by atoms with Crippen molar-refractivity contribution in [1.82, 2.24) is 0 Å². The van der Waals surface area contributed by atoms with Crippen molar-refractivity contribution in [3.63, 3.8) is 0 Å². The highest BCUT2D eigenvalue weighted by Crippen LogP contribution is 2.38. The first-order valence-electron chi connectivity index (χ1n) is 8.08. The number of methoxy groups -OCH3 is 1. The van der Waals surface area contributed by atoms with Crippen molar-refractivity contribution in [2.24, 2.45) is 0 Å². The van der Waals surface area contributed by atoms with E-state index in [4.69, 9.17) is 18.9 Å². The van der Waals surface area contributed by atoms with E-state index in [0.29, 0.717) is 17.1 Å². The van der Waals surface area contributed by atoms with Gasteiger partial charge in [-0.1, -0.05) is 0 Å². The molecule has 3 rings (SSSR count). The molecule has 1 aliphatic heterocycles. The molecule has 1 heterocycles. The lowest BCUT2D eigenvalue weighted by Gasteiger charge is -2.04. The van der Waals surface area contributed by atoms with Crippen molar-refractivity contribution >= 4 is 23.5 Å². The van der Waals surface area contributed by atoms with Crippen LogP contribution < -0.4 is 14.2 Å². The van der Waals surface area contributed by atoms with Crippen LogP contribution in [0.1, 0.15) is 15.9 Å². The number of nitro benzene ring substituents is 1. The molecule has 0 spiro atoms. The third kappa shape index (κ3) is 4.26. The van der Waals surface area contributed by atoms with E-state index in [0.717, 1.165) is 6.08 Å². The molecule has 0 bridgehead atoms. The molecule has 0 fully saturated rings. The van der Waals surface area contributed by atoms with Gasteiger partial charge in [0.1, 0.15) is 5.75 Å². The number of benzene rings is 2. The molecule has 0 N–H and O–H groups in total. The lowest BCUT2D eigenvalue weighted by Crippen LogP contribution is -2.12. The van der Waals surface area contributed by atoms with Gasteiger partial charge in [0.05, 0.1) is 23.7 Å². The lowest BCUT2D eigenvalue weighted by atomic mass is 10.1. The maximum absolute atomic E-state index is 12.0. The molecule has 0 atom stereocenters. The molecular weight excluding hydrogens is 370 g/mol. The predicted octanol–water partition coefficient (Wildman–Crippen LogP) is 2.77. The largest absolute Gasteiger partial charge is 0.497 e. The first kappa shape index (κ1) is 18.9. The van der Waals surface area contributed by atoms with E-state index in [1.165, 1.54) is 25.3 Å². The van der Waals surface area contributed by atoms with E-state index >= 15 is 0 Å². The molecule has 2 aromatic carbocycles. The molecule has 28 heavy (non-hydrogen) atoms. The highest BCUT2D eigenvalue weighted by Gasteiger charge is 2.22. The van der Waals surface area contributed by atoms with Crippen molar-refractivity contribution in [2.45, 2.75) is 0 Å². The Kier molecular flexibility index (Phi) is 5.54. The van der Waals surface area contributed by atoms with Gasteiger partial charge < -0.3 is 18.9 Å². The van der Waals surface area contributed by atoms with E-state index in [1.807, 2.05) is 0 Å². The van der Waals surface area contributed by atoms with Gasteiger partial charge in [-0.05, 0) is 36.4 Å². The molecule has 0 aromatic heterocycles. The van der Waals surface area contributed by atoms with Crippen molar-refractivity contribution in [2.75, 3.05) is 20.5 Å². The average Bonchev–Trinajstić information content (AvgIpc) is 3.17. The SMILES string of the molecule is COc1ccc(C(=O)COC(=O)/C=C/c2cc3c(cc2[N+](=O)[O-])OCO3)cc1. The minimum atomic E-state index is -0.811. The highest BCUT2D eigenvalue weighted by atomic mass is 16.7. The first-order valence-corrected chi connectivity index (χ1v) is 8.08. The zero-order chi connectivity index (χ0) is 20.1. The summed E-state index contributed by atoms with van der Waals surface area (Å²) in [7, 11) is 1.51. The van der Waals surface area contributed by atoms with Gasteiger partial charge in [-0.2, -0.15) is 0 Å². The normalized spacial score (nSPS) is 12.0. The Bertz CT molecular complexity index is 949. The van der Waals surface area contributed by atoms with Crippen molar-refractivity contribution in [3.05, 3.63) is 63.7 Å². The molecule has 1 aliphatic rings. The third-order valence-electron chi connectivity index (χ3n) is 3.88. The topological polar surface area (TPSA) is 114 Å². The number of ether oxygens (including phenoxy) is 4. The van der Waals surface area contributed by atoms with Crippen LogP contribution in [0.3, 0.4) is 0 Å². The molecule has 0 saturated carbocycles. The summed E-state index contributed by atoms with van der Waals surface area (Å²) in [5.74, 6) is -0.00102. The van der Waals surface area contributed by atoms with Crippen LogP contribution in [0, 0.1) is 10.1 Å². The van der Waals surface area contributed by atoms with Gasteiger partial charge in [-0.15, -0.1) is 0 Å². The van der Waals surface area contributed by atoms with Crippen LogP contribution in [-0.2, 0) is 9.53 Å². The fourth-order valence-electron chi connectivity index (χ4n) is 2.44. The van der Waals surface area contributed by atoms with Gasteiger partial charge >= 0.3 is 5.97 Å². The zero-order valence-corrected chi connectivity index (χ0v) is 14.7. The third-order valence-corrected chi connectivity index (χ3v) is 3.88. The summed E-state index contributed by atoms with van der Waals surface area (Å²) in [6.45, 7) is -0.492. The number of esters is 1. The zero-order valence-electron chi connectivity index (χ0n) is 14.7. The summed E-state index contributed by atoms with van der Waals surface area (Å²) in [5.41, 5.74) is 0.263. The second kappa shape index (κ2) is 8.21. The Morgan fingerprint density at radius 2 is 1.86 bits per heavy atom. The second-order valence-corrected chi connectivity index (χ2v) is 5.61. The number of rotatable bonds is 7. The van der Waals surface area contributed by atoms with Crippen LogP contribution in [0.2, 0.25) is 0 Å². The van der Waals surface area contributed by atoms with Crippen LogP contribution in [0.4, 0.5) is 5.69 Å². The van der Waals surface area contributed by atoms with Crippen LogP contribution in [0.15, 0.2) is 42.5 Å². The summed E-state index contributed by atoms with van der Waals surface area (Å²) in [5, 5.41) is 11.2. The quantitative estimate of drug-likeness (QED) is 0.235. The van der Waals surface area contributed by atoms with Crippen LogP contribution in [0.5, 0.6) is 17.2 Å². The monoisotopic (exact) mass is 385 g/mol. The molecule has 144 valence electrons. The number of ketones is 1. The van der Waals surface area contributed by atoms with Crippen LogP contribution in [0.25, 0.3) is 6.08 Å². The Hall–Kier alpha value is -3.88. The van der Waals surface area contributed by atoms with Gasteiger partial charge in [-0.25, -0.2) is 4.79 Å². The fraction of sp³-hybridized carbons (Fsp3) is 0.158. The van der Waals surface area contributed by atoms with Gasteiger partial charge in [0.25, 0.3) is 5.69 Å². The number of hydrogen-bond acceptors (Lipinski definition) is 8. The maximum atomic E-state index is 12.0. The summed E-state index contributed by atoms with van der Waals surface area (Å²) in [4.78, 5) is 34.5. The van der Waals surface area contributed by atoms with E-state index in [1.54, 1.807) is 24.3 Å². The number of Topliss-reactive ketones (excluding diaryl/α,β-unsaturated/α-hetero) is 1. The second-order valence-electron chi connectivity index (χ2n) is 5.61. The van der Waals surface area contributed by atoms with Crippen molar-refractivity contribution in [1.29, 1.82) is 0 Å². The molecular formula is C19H15NO8. The van der Waals surface area contributed by atoms with Gasteiger partial charge in [0.2, 0.25) is 6.79 Å². The van der Waals surface area contributed by atoms with Gasteiger partial charge in [0.15, 0.2) is 23.9 Å². The average molecular weight is 385 g/mol.